The first-order valence-corrected chi connectivity index (χ1v) is 6.75. The highest BCUT2D eigenvalue weighted by molar-refractivity contribution is 5.71. The highest BCUT2D eigenvalue weighted by Crippen LogP contribution is 2.45. The third-order valence-electron chi connectivity index (χ3n) is 3.09. The first kappa shape index (κ1) is 21.0. The fourth-order valence-electron chi connectivity index (χ4n) is 1.89. The average Bonchev–Trinajstić information content (AvgIpc) is 2.30. The molecule has 1 atom stereocenters. The van der Waals surface area contributed by atoms with Crippen LogP contribution in [0.3, 0.4) is 0 Å². The van der Waals surface area contributed by atoms with Crippen molar-refractivity contribution in [3.63, 3.8) is 0 Å². The minimum atomic E-state index is -5.85. The summed E-state index contributed by atoms with van der Waals surface area (Å²) < 4.78 is 78.9. The van der Waals surface area contributed by atoms with Crippen LogP contribution in [0, 0.1) is 11.8 Å². The highest BCUT2D eigenvalue weighted by atomic mass is 19.4. The number of alkyl halides is 6. The fraction of sp³-hybridized carbons (Fsp3) is 0.923. The van der Waals surface area contributed by atoms with Crippen molar-refractivity contribution in [2.75, 3.05) is 6.61 Å². The molecular weight excluding hydrogens is 318 g/mol. The van der Waals surface area contributed by atoms with Gasteiger partial charge in [0.05, 0.1) is 12.5 Å². The topological polar surface area (TPSA) is 46.5 Å². The van der Waals surface area contributed by atoms with Gasteiger partial charge in [-0.1, -0.05) is 20.8 Å². The average molecular weight is 338 g/mol. The predicted molar refractivity (Wildman–Crippen MR) is 65.9 cm³/mol. The molecule has 0 aliphatic carbocycles. The second-order valence-electron chi connectivity index (χ2n) is 5.66. The summed E-state index contributed by atoms with van der Waals surface area (Å²) in [7, 11) is 0. The molecule has 0 radical (unpaired) electrons. The van der Waals surface area contributed by atoms with Gasteiger partial charge in [0.15, 0.2) is 0 Å². The number of carbonyl (C=O) groups is 1. The molecular formula is C13H20F6O3. The van der Waals surface area contributed by atoms with Crippen LogP contribution < -0.4 is 0 Å². The molecule has 0 aliphatic rings. The summed E-state index contributed by atoms with van der Waals surface area (Å²) in [6.07, 6.45) is -13.6. The van der Waals surface area contributed by atoms with Crippen molar-refractivity contribution in [3.05, 3.63) is 0 Å². The van der Waals surface area contributed by atoms with E-state index in [0.29, 0.717) is 6.42 Å². The largest absolute Gasteiger partial charge is 0.465 e. The third-order valence-corrected chi connectivity index (χ3v) is 3.09. The first-order valence-electron chi connectivity index (χ1n) is 6.75. The molecule has 0 heterocycles. The molecule has 0 saturated carbocycles. The molecule has 1 N–H and O–H groups in total. The number of aliphatic hydroxyl groups is 1. The molecule has 0 spiro atoms. The van der Waals surface area contributed by atoms with E-state index in [-0.39, 0.29) is 5.92 Å². The molecule has 0 amide bonds. The van der Waals surface area contributed by atoms with Crippen molar-refractivity contribution in [3.8, 4) is 0 Å². The van der Waals surface area contributed by atoms with Crippen LogP contribution in [0.1, 0.15) is 40.0 Å². The summed E-state index contributed by atoms with van der Waals surface area (Å²) in [5.41, 5.74) is -4.80. The Balaban J connectivity index is 4.47. The van der Waals surface area contributed by atoms with Crippen molar-refractivity contribution in [1.29, 1.82) is 0 Å². The molecule has 0 bridgehead atoms. The molecule has 0 aromatic heterocycles. The van der Waals surface area contributed by atoms with E-state index in [2.05, 4.69) is 4.74 Å². The molecule has 0 fully saturated rings. The summed E-state index contributed by atoms with van der Waals surface area (Å²) in [4.78, 5) is 11.5. The number of carbonyl (C=O) groups excluding carboxylic acids is 1. The van der Waals surface area contributed by atoms with Gasteiger partial charge in [-0.25, -0.2) is 0 Å². The minimum absolute atomic E-state index is 0.197. The van der Waals surface area contributed by atoms with E-state index in [4.69, 9.17) is 5.11 Å². The Morgan fingerprint density at radius 3 is 1.86 bits per heavy atom. The normalized spacial score (nSPS) is 15.0. The molecule has 0 aromatic rings. The predicted octanol–water partition coefficient (Wildman–Crippen LogP) is 3.85. The summed E-state index contributed by atoms with van der Waals surface area (Å²) in [5.74, 6) is -0.983. The molecule has 0 aromatic carbocycles. The van der Waals surface area contributed by atoms with Gasteiger partial charge in [0.25, 0.3) is 5.60 Å². The van der Waals surface area contributed by atoms with Crippen LogP contribution in [-0.2, 0) is 9.53 Å². The van der Waals surface area contributed by atoms with Crippen LogP contribution in [0.2, 0.25) is 0 Å². The lowest BCUT2D eigenvalue weighted by atomic mass is 9.96. The zero-order valence-corrected chi connectivity index (χ0v) is 12.5. The Hall–Kier alpha value is -0.990. The van der Waals surface area contributed by atoms with Gasteiger partial charge in [0, 0.05) is 0 Å². The van der Waals surface area contributed by atoms with Gasteiger partial charge in [-0.2, -0.15) is 26.3 Å². The smallest absolute Gasteiger partial charge is 0.426 e. The lowest BCUT2D eigenvalue weighted by Gasteiger charge is -2.32. The Bertz CT molecular complexity index is 348. The molecule has 1 unspecified atom stereocenters. The fourth-order valence-corrected chi connectivity index (χ4v) is 1.89. The SMILES string of the molecule is CC(C)CC(C)C(=O)OCCCC(O)(C(F)(F)F)C(F)(F)F. The molecule has 0 saturated heterocycles. The number of hydrogen-bond donors (Lipinski definition) is 1. The lowest BCUT2D eigenvalue weighted by molar-refractivity contribution is -0.370. The van der Waals surface area contributed by atoms with Crippen molar-refractivity contribution in [2.45, 2.75) is 58.0 Å². The minimum Gasteiger partial charge on any atom is -0.465 e. The maximum absolute atomic E-state index is 12.4. The van der Waals surface area contributed by atoms with E-state index >= 15 is 0 Å². The van der Waals surface area contributed by atoms with E-state index in [0.717, 1.165) is 0 Å². The van der Waals surface area contributed by atoms with E-state index in [9.17, 15) is 31.1 Å². The number of rotatable bonds is 7. The zero-order valence-electron chi connectivity index (χ0n) is 12.5. The van der Waals surface area contributed by atoms with Gasteiger partial charge >= 0.3 is 18.3 Å². The van der Waals surface area contributed by atoms with Gasteiger partial charge in [-0.15, -0.1) is 0 Å². The van der Waals surface area contributed by atoms with Crippen molar-refractivity contribution >= 4 is 5.97 Å². The van der Waals surface area contributed by atoms with Crippen molar-refractivity contribution in [1.82, 2.24) is 0 Å². The van der Waals surface area contributed by atoms with Crippen LogP contribution >= 0.6 is 0 Å². The quantitative estimate of drug-likeness (QED) is 0.436. The number of ether oxygens (including phenoxy) is 1. The second-order valence-corrected chi connectivity index (χ2v) is 5.66. The number of hydrogen-bond acceptors (Lipinski definition) is 3. The van der Waals surface area contributed by atoms with Gasteiger partial charge in [0.1, 0.15) is 0 Å². The maximum atomic E-state index is 12.4. The number of halogens is 6. The molecule has 9 heteroatoms. The monoisotopic (exact) mass is 338 g/mol. The van der Waals surface area contributed by atoms with E-state index < -0.39 is 49.3 Å². The Morgan fingerprint density at radius 2 is 1.50 bits per heavy atom. The lowest BCUT2D eigenvalue weighted by Crippen LogP contribution is -2.56. The van der Waals surface area contributed by atoms with Gasteiger partial charge in [-0.3, -0.25) is 4.79 Å². The molecule has 0 rings (SSSR count). The summed E-state index contributed by atoms with van der Waals surface area (Å²) >= 11 is 0. The maximum Gasteiger partial charge on any atom is 0.426 e. The summed E-state index contributed by atoms with van der Waals surface area (Å²) in [5, 5.41) is 8.89. The zero-order chi connectivity index (χ0) is 17.8. The van der Waals surface area contributed by atoms with Crippen molar-refractivity contribution in [2.24, 2.45) is 11.8 Å². The molecule has 22 heavy (non-hydrogen) atoms. The van der Waals surface area contributed by atoms with Gasteiger partial charge < -0.3 is 9.84 Å². The third kappa shape index (κ3) is 5.66. The molecule has 3 nitrogen and oxygen atoms in total. The van der Waals surface area contributed by atoms with Crippen LogP contribution in [0.25, 0.3) is 0 Å². The summed E-state index contributed by atoms with van der Waals surface area (Å²) in [6, 6.07) is 0. The number of esters is 1. The first-order chi connectivity index (χ1) is 9.72. The Morgan fingerprint density at radius 1 is 1.05 bits per heavy atom. The van der Waals surface area contributed by atoms with Crippen LogP contribution in [-0.4, -0.2) is 35.6 Å². The van der Waals surface area contributed by atoms with Crippen LogP contribution in [0.4, 0.5) is 26.3 Å². The second kappa shape index (κ2) is 7.52. The van der Waals surface area contributed by atoms with Gasteiger partial charge in [-0.05, 0) is 25.2 Å². The summed E-state index contributed by atoms with van der Waals surface area (Å²) in [6.45, 7) is 4.66. The van der Waals surface area contributed by atoms with E-state index in [1.54, 1.807) is 6.92 Å². The highest BCUT2D eigenvalue weighted by Gasteiger charge is 2.69. The van der Waals surface area contributed by atoms with Crippen LogP contribution in [0.5, 0.6) is 0 Å². The standard InChI is InChI=1S/C13H20F6O3/c1-8(2)7-9(3)10(20)22-6-4-5-11(21,12(14,15)16)13(17,18)19/h8-9,21H,4-7H2,1-3H3. The molecule has 132 valence electrons. The van der Waals surface area contributed by atoms with E-state index in [1.165, 1.54) is 0 Å². The Kier molecular flexibility index (Phi) is 7.18. The Labute approximate surface area is 124 Å². The van der Waals surface area contributed by atoms with Gasteiger partial charge in [0.2, 0.25) is 0 Å². The van der Waals surface area contributed by atoms with E-state index in [1.807, 2.05) is 13.8 Å². The molecule has 0 aliphatic heterocycles. The van der Waals surface area contributed by atoms with Crippen molar-refractivity contribution < 1.29 is 41.0 Å². The van der Waals surface area contributed by atoms with Crippen LogP contribution in [0.15, 0.2) is 0 Å².